The first kappa shape index (κ1) is 21.0. The average molecular weight is 415 g/mol. The quantitative estimate of drug-likeness (QED) is 0.711. The molecule has 2 aromatic rings. The van der Waals surface area contributed by atoms with E-state index in [0.717, 1.165) is 32.1 Å². The van der Waals surface area contributed by atoms with Crippen molar-refractivity contribution in [3.8, 4) is 0 Å². The molecule has 6 nitrogen and oxygen atoms in total. The van der Waals surface area contributed by atoms with Gasteiger partial charge in [-0.2, -0.15) is 0 Å². The molecule has 0 spiro atoms. The van der Waals surface area contributed by atoms with Gasteiger partial charge in [0, 0.05) is 12.6 Å². The number of carbonyl (C=O) groups excluding carboxylic acids is 2. The summed E-state index contributed by atoms with van der Waals surface area (Å²) in [6, 6.07) is 16.8. The second-order valence-corrected chi connectivity index (χ2v) is 9.41. The molecule has 0 saturated heterocycles. The van der Waals surface area contributed by atoms with Gasteiger partial charge in [0.25, 0.3) is 0 Å². The smallest absolute Gasteiger partial charge is 0.309 e. The lowest BCUT2D eigenvalue weighted by Crippen LogP contribution is -2.46. The maximum absolute atomic E-state index is 13.2. The molecular weight excluding hydrogens is 388 g/mol. The lowest BCUT2D eigenvalue weighted by Gasteiger charge is -2.23. The fraction of sp³-hybridized carbons (Fsp3) is 0.364. The van der Waals surface area contributed by atoms with Gasteiger partial charge in [-0.1, -0.05) is 67.8 Å². The van der Waals surface area contributed by atoms with Gasteiger partial charge in [0.1, 0.15) is 5.25 Å². The zero-order chi connectivity index (χ0) is 20.7. The van der Waals surface area contributed by atoms with E-state index in [1.165, 1.54) is 12.1 Å². The van der Waals surface area contributed by atoms with Crippen molar-refractivity contribution >= 4 is 21.7 Å². The SMILES string of the molecule is O=C(NC[C@@H](c1ccccc1)S(=O)(=O)c1ccccc1)C(=O)NC1CCCCC1. The third-order valence-corrected chi connectivity index (χ3v) is 7.33. The minimum Gasteiger partial charge on any atom is -0.346 e. The van der Waals surface area contributed by atoms with Crippen LogP contribution in [0.1, 0.15) is 42.9 Å². The molecule has 1 atom stereocenters. The summed E-state index contributed by atoms with van der Waals surface area (Å²) in [6.07, 6.45) is 4.96. The fourth-order valence-electron chi connectivity index (χ4n) is 3.61. The van der Waals surface area contributed by atoms with Crippen molar-refractivity contribution in [2.75, 3.05) is 6.54 Å². The van der Waals surface area contributed by atoms with E-state index in [4.69, 9.17) is 0 Å². The normalized spacial score (nSPS) is 16.0. The molecule has 1 saturated carbocycles. The number of benzene rings is 2. The molecule has 7 heteroatoms. The first-order valence-electron chi connectivity index (χ1n) is 9.91. The van der Waals surface area contributed by atoms with Gasteiger partial charge >= 0.3 is 11.8 Å². The largest absolute Gasteiger partial charge is 0.346 e. The molecule has 2 aromatic carbocycles. The van der Waals surface area contributed by atoms with Gasteiger partial charge in [-0.25, -0.2) is 8.42 Å². The van der Waals surface area contributed by atoms with Crippen molar-refractivity contribution in [2.45, 2.75) is 48.3 Å². The Morgan fingerprint density at radius 1 is 0.862 bits per heavy atom. The van der Waals surface area contributed by atoms with Crippen LogP contribution in [0.25, 0.3) is 0 Å². The molecule has 0 aromatic heterocycles. The molecule has 2 N–H and O–H groups in total. The molecule has 0 unspecified atom stereocenters. The summed E-state index contributed by atoms with van der Waals surface area (Å²) < 4.78 is 26.4. The molecule has 2 amide bonds. The predicted molar refractivity (Wildman–Crippen MR) is 111 cm³/mol. The van der Waals surface area contributed by atoms with Gasteiger partial charge in [-0.05, 0) is 30.5 Å². The Morgan fingerprint density at radius 2 is 1.45 bits per heavy atom. The molecule has 0 radical (unpaired) electrons. The summed E-state index contributed by atoms with van der Waals surface area (Å²) >= 11 is 0. The first-order chi connectivity index (χ1) is 14.0. The average Bonchev–Trinajstić information content (AvgIpc) is 2.75. The molecule has 0 heterocycles. The number of sulfone groups is 1. The van der Waals surface area contributed by atoms with Gasteiger partial charge in [0.15, 0.2) is 9.84 Å². The predicted octanol–water partition coefficient (Wildman–Crippen LogP) is 2.77. The zero-order valence-corrected chi connectivity index (χ0v) is 17.0. The van der Waals surface area contributed by atoms with E-state index >= 15 is 0 Å². The minimum atomic E-state index is -3.75. The molecule has 0 bridgehead atoms. The van der Waals surface area contributed by atoms with Gasteiger partial charge in [0.2, 0.25) is 0 Å². The van der Waals surface area contributed by atoms with Crippen molar-refractivity contribution in [3.05, 3.63) is 66.2 Å². The van der Waals surface area contributed by atoms with Crippen LogP contribution in [0.3, 0.4) is 0 Å². The van der Waals surface area contributed by atoms with Crippen molar-refractivity contribution in [3.63, 3.8) is 0 Å². The molecule has 3 rings (SSSR count). The van der Waals surface area contributed by atoms with E-state index in [2.05, 4.69) is 10.6 Å². The molecular formula is C22H26N2O4S. The Balaban J connectivity index is 1.72. The Labute approximate surface area is 171 Å². The van der Waals surface area contributed by atoms with E-state index in [1.54, 1.807) is 48.5 Å². The summed E-state index contributed by atoms with van der Waals surface area (Å²) in [5.74, 6) is -1.51. The standard InChI is InChI=1S/C22H26N2O4S/c25-21(22(26)24-18-12-6-2-7-13-18)23-16-20(17-10-4-1-5-11-17)29(27,28)19-14-8-3-9-15-19/h1,3-5,8-11,14-15,18,20H,2,6-7,12-13,16H2,(H,23,25)(H,24,26)/t20-/m0/s1. The molecule has 154 valence electrons. The third-order valence-electron chi connectivity index (χ3n) is 5.21. The lowest BCUT2D eigenvalue weighted by atomic mass is 9.95. The number of rotatable bonds is 6. The second kappa shape index (κ2) is 9.69. The number of hydrogen-bond donors (Lipinski definition) is 2. The Kier molecular flexibility index (Phi) is 7.04. The summed E-state index contributed by atoms with van der Waals surface area (Å²) in [7, 11) is -3.75. The van der Waals surface area contributed by atoms with E-state index in [1.807, 2.05) is 0 Å². The maximum Gasteiger partial charge on any atom is 0.309 e. The number of carbonyl (C=O) groups is 2. The van der Waals surface area contributed by atoms with Crippen LogP contribution in [0.2, 0.25) is 0 Å². The van der Waals surface area contributed by atoms with Crippen molar-refractivity contribution in [1.29, 1.82) is 0 Å². The molecule has 1 aliphatic carbocycles. The monoisotopic (exact) mass is 414 g/mol. The van der Waals surface area contributed by atoms with Gasteiger partial charge in [-0.15, -0.1) is 0 Å². The van der Waals surface area contributed by atoms with Crippen LogP contribution in [0.4, 0.5) is 0 Å². The lowest BCUT2D eigenvalue weighted by molar-refractivity contribution is -0.139. The highest BCUT2D eigenvalue weighted by Gasteiger charge is 2.30. The highest BCUT2D eigenvalue weighted by Crippen LogP contribution is 2.28. The highest BCUT2D eigenvalue weighted by atomic mass is 32.2. The van der Waals surface area contributed by atoms with Crippen molar-refractivity contribution < 1.29 is 18.0 Å². The Hall–Kier alpha value is -2.67. The fourth-order valence-corrected chi connectivity index (χ4v) is 5.30. The summed E-state index contributed by atoms with van der Waals surface area (Å²) in [4.78, 5) is 24.7. The summed E-state index contributed by atoms with van der Waals surface area (Å²) in [6.45, 7) is -0.182. The van der Waals surface area contributed by atoms with Crippen molar-refractivity contribution in [1.82, 2.24) is 10.6 Å². The number of amides is 2. The highest BCUT2D eigenvalue weighted by molar-refractivity contribution is 7.91. The van der Waals surface area contributed by atoms with Crippen LogP contribution in [0, 0.1) is 0 Å². The van der Waals surface area contributed by atoms with Crippen LogP contribution in [0.15, 0.2) is 65.6 Å². The Morgan fingerprint density at radius 3 is 2.07 bits per heavy atom. The number of hydrogen-bond acceptors (Lipinski definition) is 4. The van der Waals surface area contributed by atoms with Crippen molar-refractivity contribution in [2.24, 2.45) is 0 Å². The van der Waals surface area contributed by atoms with Crippen LogP contribution in [-0.2, 0) is 19.4 Å². The van der Waals surface area contributed by atoms with Gasteiger partial charge in [-0.3, -0.25) is 9.59 Å². The zero-order valence-electron chi connectivity index (χ0n) is 16.2. The summed E-state index contributed by atoms with van der Waals surface area (Å²) in [5.41, 5.74) is 0.560. The minimum absolute atomic E-state index is 0.0139. The molecule has 0 aliphatic heterocycles. The van der Waals surface area contributed by atoms with Gasteiger partial charge < -0.3 is 10.6 Å². The molecule has 1 fully saturated rings. The van der Waals surface area contributed by atoms with E-state index in [0.29, 0.717) is 5.56 Å². The van der Waals surface area contributed by atoms with E-state index < -0.39 is 26.9 Å². The van der Waals surface area contributed by atoms with Crippen LogP contribution in [0.5, 0.6) is 0 Å². The van der Waals surface area contributed by atoms with Crippen LogP contribution in [-0.4, -0.2) is 32.8 Å². The van der Waals surface area contributed by atoms with Gasteiger partial charge in [0.05, 0.1) is 4.90 Å². The van der Waals surface area contributed by atoms with Crippen LogP contribution >= 0.6 is 0 Å². The Bertz CT molecular complexity index is 924. The molecule has 29 heavy (non-hydrogen) atoms. The third kappa shape index (κ3) is 5.44. The number of nitrogens with one attached hydrogen (secondary N) is 2. The van der Waals surface area contributed by atoms with E-state index in [9.17, 15) is 18.0 Å². The molecule has 1 aliphatic rings. The second-order valence-electron chi connectivity index (χ2n) is 7.28. The first-order valence-corrected chi connectivity index (χ1v) is 11.5. The van der Waals surface area contributed by atoms with Crippen LogP contribution < -0.4 is 10.6 Å². The summed E-state index contributed by atoms with van der Waals surface area (Å²) in [5, 5.41) is 4.28. The topological polar surface area (TPSA) is 92.3 Å². The maximum atomic E-state index is 13.2. The van der Waals surface area contributed by atoms with E-state index in [-0.39, 0.29) is 17.5 Å².